The maximum Gasteiger partial charge on any atom is 0.191 e. The van der Waals surface area contributed by atoms with Gasteiger partial charge in [0.25, 0.3) is 0 Å². The van der Waals surface area contributed by atoms with Gasteiger partial charge in [-0.15, -0.1) is 0 Å². The van der Waals surface area contributed by atoms with Crippen molar-refractivity contribution in [1.29, 1.82) is 0 Å². The van der Waals surface area contributed by atoms with Crippen molar-refractivity contribution in [3.8, 4) is 0 Å². The van der Waals surface area contributed by atoms with Crippen LogP contribution in [-0.2, 0) is 17.8 Å². The summed E-state index contributed by atoms with van der Waals surface area (Å²) >= 11 is 0. The molecule has 3 rings (SSSR count). The molecule has 0 radical (unpaired) electrons. The summed E-state index contributed by atoms with van der Waals surface area (Å²) in [4.78, 5) is 11.6. The highest BCUT2D eigenvalue weighted by Crippen LogP contribution is 2.18. The summed E-state index contributed by atoms with van der Waals surface area (Å²) in [6.45, 7) is 9.61. The fourth-order valence-corrected chi connectivity index (χ4v) is 3.13. The minimum Gasteiger partial charge on any atom is -0.378 e. The van der Waals surface area contributed by atoms with E-state index in [0.717, 1.165) is 44.6 Å². The third kappa shape index (κ3) is 5.69. The number of ether oxygens (including phenoxy) is 1. The Bertz CT molecular complexity index is 756. The van der Waals surface area contributed by atoms with E-state index in [9.17, 15) is 0 Å². The van der Waals surface area contributed by atoms with Crippen LogP contribution in [-0.4, -0.2) is 43.8 Å². The third-order valence-electron chi connectivity index (χ3n) is 4.47. The second kappa shape index (κ2) is 9.92. The smallest absolute Gasteiger partial charge is 0.191 e. The lowest BCUT2D eigenvalue weighted by Crippen LogP contribution is -2.39. The molecular formula is C21H29N5O. The zero-order valence-corrected chi connectivity index (χ0v) is 16.2. The molecule has 0 bridgehead atoms. The Balaban J connectivity index is 1.66. The van der Waals surface area contributed by atoms with Crippen LogP contribution in [0.1, 0.15) is 23.6 Å². The number of aliphatic imine (C=N–C) groups is 1. The van der Waals surface area contributed by atoms with Gasteiger partial charge in [0.2, 0.25) is 0 Å². The van der Waals surface area contributed by atoms with Crippen LogP contribution >= 0.6 is 0 Å². The molecule has 0 atom stereocenters. The molecule has 0 spiro atoms. The summed E-state index contributed by atoms with van der Waals surface area (Å²) in [7, 11) is 0. The zero-order chi connectivity index (χ0) is 18.9. The van der Waals surface area contributed by atoms with Gasteiger partial charge < -0.3 is 20.3 Å². The van der Waals surface area contributed by atoms with E-state index in [2.05, 4.69) is 64.7 Å². The average molecular weight is 367 g/mol. The molecule has 0 amide bonds. The maximum absolute atomic E-state index is 5.46. The molecule has 144 valence electrons. The Hall–Kier alpha value is -2.60. The number of morpholine rings is 1. The Morgan fingerprint density at radius 3 is 2.81 bits per heavy atom. The van der Waals surface area contributed by atoms with Gasteiger partial charge in [0.1, 0.15) is 5.82 Å². The van der Waals surface area contributed by atoms with E-state index in [-0.39, 0.29) is 0 Å². The number of pyridine rings is 1. The summed E-state index contributed by atoms with van der Waals surface area (Å²) in [5, 5.41) is 6.76. The molecule has 1 fully saturated rings. The topological polar surface area (TPSA) is 61.8 Å². The van der Waals surface area contributed by atoms with Crippen LogP contribution < -0.4 is 15.5 Å². The number of hydrogen-bond acceptors (Lipinski definition) is 4. The Kier molecular flexibility index (Phi) is 7.04. The number of rotatable bonds is 6. The summed E-state index contributed by atoms with van der Waals surface area (Å²) in [6.07, 6.45) is 1.85. The Labute approximate surface area is 161 Å². The van der Waals surface area contributed by atoms with E-state index in [0.29, 0.717) is 13.1 Å². The van der Waals surface area contributed by atoms with Crippen molar-refractivity contribution >= 4 is 11.8 Å². The number of nitrogens with zero attached hydrogens (tertiary/aromatic N) is 3. The second-order valence-corrected chi connectivity index (χ2v) is 6.62. The zero-order valence-electron chi connectivity index (χ0n) is 16.2. The predicted octanol–water partition coefficient (Wildman–Crippen LogP) is 2.48. The van der Waals surface area contributed by atoms with Crippen LogP contribution in [0, 0.1) is 6.92 Å². The largest absolute Gasteiger partial charge is 0.378 e. The van der Waals surface area contributed by atoms with Crippen molar-refractivity contribution < 1.29 is 4.74 Å². The number of aryl methyl sites for hydroxylation is 1. The van der Waals surface area contributed by atoms with Crippen LogP contribution in [0.2, 0.25) is 0 Å². The highest BCUT2D eigenvalue weighted by molar-refractivity contribution is 5.79. The Morgan fingerprint density at radius 1 is 1.19 bits per heavy atom. The average Bonchev–Trinajstić information content (AvgIpc) is 2.71. The van der Waals surface area contributed by atoms with Crippen molar-refractivity contribution in [3.63, 3.8) is 0 Å². The fraction of sp³-hybridized carbons (Fsp3) is 0.429. The number of nitrogens with one attached hydrogen (secondary N) is 2. The molecule has 2 aromatic rings. The fourth-order valence-electron chi connectivity index (χ4n) is 3.13. The van der Waals surface area contributed by atoms with E-state index in [4.69, 9.17) is 9.73 Å². The quantitative estimate of drug-likeness (QED) is 0.607. The first-order chi connectivity index (χ1) is 13.3. The van der Waals surface area contributed by atoms with Crippen molar-refractivity contribution in [2.45, 2.75) is 26.9 Å². The minimum atomic E-state index is 0.653. The number of anilines is 1. The Morgan fingerprint density at radius 2 is 2.04 bits per heavy atom. The highest BCUT2D eigenvalue weighted by atomic mass is 16.5. The molecule has 1 saturated heterocycles. The molecule has 2 N–H and O–H groups in total. The predicted molar refractivity (Wildman–Crippen MR) is 110 cm³/mol. The van der Waals surface area contributed by atoms with Crippen molar-refractivity contribution in [2.24, 2.45) is 4.99 Å². The van der Waals surface area contributed by atoms with Gasteiger partial charge in [-0.05, 0) is 25.5 Å². The molecule has 0 saturated carbocycles. The van der Waals surface area contributed by atoms with Crippen molar-refractivity contribution in [1.82, 2.24) is 15.6 Å². The van der Waals surface area contributed by atoms with Crippen LogP contribution in [0.3, 0.4) is 0 Å². The highest BCUT2D eigenvalue weighted by Gasteiger charge is 2.15. The lowest BCUT2D eigenvalue weighted by Gasteiger charge is -2.29. The lowest BCUT2D eigenvalue weighted by atomic mass is 10.1. The molecule has 27 heavy (non-hydrogen) atoms. The molecule has 1 aliphatic heterocycles. The first kappa shape index (κ1) is 19.2. The van der Waals surface area contributed by atoms with Gasteiger partial charge in [-0.2, -0.15) is 0 Å². The molecule has 6 nitrogen and oxygen atoms in total. The summed E-state index contributed by atoms with van der Waals surface area (Å²) in [6, 6.07) is 12.6. The number of guanidine groups is 1. The van der Waals surface area contributed by atoms with E-state index < -0.39 is 0 Å². The number of aromatic nitrogens is 1. The van der Waals surface area contributed by atoms with E-state index in [1.165, 1.54) is 16.7 Å². The maximum atomic E-state index is 5.46. The van der Waals surface area contributed by atoms with Gasteiger partial charge in [-0.1, -0.05) is 35.9 Å². The minimum absolute atomic E-state index is 0.653. The third-order valence-corrected chi connectivity index (χ3v) is 4.47. The molecular weight excluding hydrogens is 338 g/mol. The monoisotopic (exact) mass is 367 g/mol. The standard InChI is InChI=1S/C21H29N5O/c1-3-22-21(24-15-18-7-4-6-17(2)14-18)25-16-19-8-5-9-23-20(19)26-10-12-27-13-11-26/h4-9,14H,3,10-13,15-16H2,1-2H3,(H2,22,24,25). The lowest BCUT2D eigenvalue weighted by molar-refractivity contribution is 0.122. The number of hydrogen-bond donors (Lipinski definition) is 2. The van der Waals surface area contributed by atoms with Gasteiger partial charge >= 0.3 is 0 Å². The van der Waals surface area contributed by atoms with Gasteiger partial charge in [-0.25, -0.2) is 9.98 Å². The first-order valence-corrected chi connectivity index (χ1v) is 9.60. The molecule has 0 aliphatic carbocycles. The van der Waals surface area contributed by atoms with Gasteiger partial charge in [-0.3, -0.25) is 0 Å². The van der Waals surface area contributed by atoms with Gasteiger partial charge in [0, 0.05) is 37.9 Å². The van der Waals surface area contributed by atoms with Crippen LogP contribution in [0.25, 0.3) is 0 Å². The molecule has 6 heteroatoms. The SMILES string of the molecule is CCNC(=NCc1cccc(C)c1)NCc1cccnc1N1CCOCC1. The van der Waals surface area contributed by atoms with E-state index >= 15 is 0 Å². The van der Waals surface area contributed by atoms with Crippen molar-refractivity contribution in [3.05, 3.63) is 59.3 Å². The van der Waals surface area contributed by atoms with Crippen molar-refractivity contribution in [2.75, 3.05) is 37.7 Å². The summed E-state index contributed by atoms with van der Waals surface area (Å²) < 4.78 is 5.46. The normalized spacial score (nSPS) is 14.9. The summed E-state index contributed by atoms with van der Waals surface area (Å²) in [5.74, 6) is 1.85. The number of benzene rings is 1. The second-order valence-electron chi connectivity index (χ2n) is 6.62. The van der Waals surface area contributed by atoms with Crippen LogP contribution in [0.15, 0.2) is 47.6 Å². The van der Waals surface area contributed by atoms with Crippen LogP contribution in [0.4, 0.5) is 5.82 Å². The van der Waals surface area contributed by atoms with E-state index in [1.54, 1.807) is 0 Å². The van der Waals surface area contributed by atoms with Gasteiger partial charge in [0.05, 0.1) is 19.8 Å². The molecule has 2 heterocycles. The summed E-state index contributed by atoms with van der Waals surface area (Å²) in [5.41, 5.74) is 3.63. The molecule has 1 aromatic heterocycles. The molecule has 1 aliphatic rings. The van der Waals surface area contributed by atoms with E-state index in [1.807, 2.05) is 12.3 Å². The molecule has 1 aromatic carbocycles. The molecule has 0 unspecified atom stereocenters. The van der Waals surface area contributed by atoms with Gasteiger partial charge in [0.15, 0.2) is 5.96 Å². The van der Waals surface area contributed by atoms with Crippen LogP contribution in [0.5, 0.6) is 0 Å². The first-order valence-electron chi connectivity index (χ1n) is 9.60.